The van der Waals surface area contributed by atoms with E-state index in [1.807, 2.05) is 0 Å². The third-order valence-electron chi connectivity index (χ3n) is 4.95. The Hall–Kier alpha value is -4.45. The quantitative estimate of drug-likeness (QED) is 0.262. The molecule has 0 radical (unpaired) electrons. The second-order valence-electron chi connectivity index (χ2n) is 7.37. The minimum atomic E-state index is -0.261. The van der Waals surface area contributed by atoms with Crippen molar-refractivity contribution < 1.29 is 19.4 Å². The number of carbonyl (C=O) groups excluding carboxylic acids is 1. The van der Waals surface area contributed by atoms with Gasteiger partial charge in [-0.3, -0.25) is 9.36 Å². The Labute approximate surface area is 194 Å². The van der Waals surface area contributed by atoms with Crippen LogP contribution in [0.2, 0.25) is 0 Å². The van der Waals surface area contributed by atoms with Crippen molar-refractivity contribution in [1.82, 2.24) is 29.8 Å². The van der Waals surface area contributed by atoms with Gasteiger partial charge in [-0.05, 0) is 35.4 Å². The van der Waals surface area contributed by atoms with Gasteiger partial charge in [0.1, 0.15) is 12.4 Å². The smallest absolute Gasteiger partial charge is 0.320 e. The van der Waals surface area contributed by atoms with Gasteiger partial charge in [-0.2, -0.15) is 15.0 Å². The highest BCUT2D eigenvalue weighted by atomic mass is 16.5. The average Bonchev–Trinajstić information content (AvgIpc) is 3.14. The summed E-state index contributed by atoms with van der Waals surface area (Å²) in [5.74, 6) is 0.262. The summed E-state index contributed by atoms with van der Waals surface area (Å²) in [7, 11) is 1.56. The lowest BCUT2D eigenvalue weighted by atomic mass is 10.1. The van der Waals surface area contributed by atoms with Gasteiger partial charge in [-0.1, -0.05) is 12.1 Å². The minimum absolute atomic E-state index is 0.0613. The van der Waals surface area contributed by atoms with Gasteiger partial charge < -0.3 is 31.4 Å². The number of rotatable bonds is 9. The maximum Gasteiger partial charge on any atom is 0.320 e. The van der Waals surface area contributed by atoms with Crippen LogP contribution in [-0.4, -0.2) is 55.8 Å². The van der Waals surface area contributed by atoms with Crippen LogP contribution >= 0.6 is 0 Å². The summed E-state index contributed by atoms with van der Waals surface area (Å²) in [6.45, 7) is 1.19. The second-order valence-corrected chi connectivity index (χ2v) is 7.37. The van der Waals surface area contributed by atoms with E-state index in [9.17, 15) is 9.90 Å². The summed E-state index contributed by atoms with van der Waals surface area (Å²) in [6, 6.07) is 10.3. The van der Waals surface area contributed by atoms with Gasteiger partial charge in [0.2, 0.25) is 0 Å². The topological polar surface area (TPSA) is 176 Å². The molecular formula is C22H24N8O4. The number of imidazole rings is 1. The largest absolute Gasteiger partial charge is 0.480 e. The molecule has 0 atom stereocenters. The number of ether oxygens (including phenoxy) is 2. The SMILES string of the molecule is COCCOc1nc(N)c2nc(O)n(Cc3ccc(C(=O)NCc4ccnc(N)c4)cc3)c2n1. The predicted molar refractivity (Wildman–Crippen MR) is 124 cm³/mol. The van der Waals surface area contributed by atoms with Gasteiger partial charge in [0.15, 0.2) is 17.0 Å². The fourth-order valence-electron chi connectivity index (χ4n) is 3.25. The van der Waals surface area contributed by atoms with E-state index in [4.69, 9.17) is 20.9 Å². The molecule has 1 amide bonds. The van der Waals surface area contributed by atoms with Crippen molar-refractivity contribution in [2.24, 2.45) is 0 Å². The molecule has 0 bridgehead atoms. The van der Waals surface area contributed by atoms with Crippen molar-refractivity contribution >= 4 is 28.7 Å². The maximum absolute atomic E-state index is 12.5. The first-order valence-corrected chi connectivity index (χ1v) is 10.4. The Bertz CT molecular complexity index is 1310. The van der Waals surface area contributed by atoms with Crippen LogP contribution in [0.15, 0.2) is 42.6 Å². The zero-order valence-electron chi connectivity index (χ0n) is 18.4. The Kier molecular flexibility index (Phi) is 6.69. The summed E-state index contributed by atoms with van der Waals surface area (Å²) in [6.07, 6.45) is 1.59. The van der Waals surface area contributed by atoms with E-state index >= 15 is 0 Å². The molecule has 4 rings (SSSR count). The lowest BCUT2D eigenvalue weighted by Gasteiger charge is -2.09. The van der Waals surface area contributed by atoms with Crippen LogP contribution in [0.5, 0.6) is 12.0 Å². The van der Waals surface area contributed by atoms with E-state index in [2.05, 4.69) is 25.3 Å². The summed E-state index contributed by atoms with van der Waals surface area (Å²) >= 11 is 0. The van der Waals surface area contributed by atoms with E-state index in [1.165, 1.54) is 4.57 Å². The molecule has 0 aliphatic rings. The van der Waals surface area contributed by atoms with Gasteiger partial charge >= 0.3 is 6.01 Å². The predicted octanol–water partition coefficient (Wildman–Crippen LogP) is 1.09. The molecule has 4 aromatic rings. The van der Waals surface area contributed by atoms with Crippen LogP contribution in [0.25, 0.3) is 11.2 Å². The molecule has 34 heavy (non-hydrogen) atoms. The van der Waals surface area contributed by atoms with E-state index in [-0.39, 0.29) is 42.4 Å². The molecule has 1 aromatic carbocycles. The molecule has 0 aliphatic heterocycles. The molecule has 0 unspecified atom stereocenters. The van der Waals surface area contributed by atoms with Crippen molar-refractivity contribution in [3.8, 4) is 12.0 Å². The number of nitrogens with two attached hydrogens (primary N) is 2. The third-order valence-corrected chi connectivity index (χ3v) is 4.95. The van der Waals surface area contributed by atoms with Crippen LogP contribution in [0.1, 0.15) is 21.5 Å². The number of hydrogen-bond acceptors (Lipinski definition) is 10. The minimum Gasteiger partial charge on any atom is -0.480 e. The number of aromatic nitrogens is 5. The number of hydrogen-bond donors (Lipinski definition) is 4. The Morgan fingerprint density at radius 2 is 1.88 bits per heavy atom. The highest BCUT2D eigenvalue weighted by molar-refractivity contribution is 5.94. The fraction of sp³-hybridized carbons (Fsp3) is 0.227. The van der Waals surface area contributed by atoms with E-state index in [1.54, 1.807) is 49.7 Å². The summed E-state index contributed by atoms with van der Waals surface area (Å²) in [5.41, 5.74) is 14.4. The number of methoxy groups -OCH3 is 1. The molecule has 3 aromatic heterocycles. The maximum atomic E-state index is 12.5. The van der Waals surface area contributed by atoms with Crippen molar-refractivity contribution in [3.05, 3.63) is 59.3 Å². The zero-order valence-corrected chi connectivity index (χ0v) is 18.4. The number of nitrogens with zero attached hydrogens (tertiary/aromatic N) is 5. The number of pyridine rings is 1. The normalized spacial score (nSPS) is 11.0. The first-order chi connectivity index (χ1) is 16.4. The fourth-order valence-corrected chi connectivity index (χ4v) is 3.25. The summed E-state index contributed by atoms with van der Waals surface area (Å²) < 4.78 is 11.9. The molecule has 0 aliphatic carbocycles. The van der Waals surface area contributed by atoms with E-state index in [0.29, 0.717) is 30.2 Å². The van der Waals surface area contributed by atoms with Crippen LogP contribution < -0.4 is 21.5 Å². The number of fused-ring (bicyclic) bond motifs is 1. The lowest BCUT2D eigenvalue weighted by Crippen LogP contribution is -2.22. The van der Waals surface area contributed by atoms with Crippen molar-refractivity contribution in [3.63, 3.8) is 0 Å². The highest BCUT2D eigenvalue weighted by Crippen LogP contribution is 2.25. The zero-order chi connectivity index (χ0) is 24.1. The van der Waals surface area contributed by atoms with Gasteiger partial charge in [0.05, 0.1) is 13.2 Å². The monoisotopic (exact) mass is 464 g/mol. The number of nitrogens with one attached hydrogen (secondary N) is 1. The lowest BCUT2D eigenvalue weighted by molar-refractivity contribution is 0.0951. The molecule has 0 fully saturated rings. The number of anilines is 2. The van der Waals surface area contributed by atoms with Gasteiger partial charge in [0, 0.05) is 25.4 Å². The number of aromatic hydroxyl groups is 1. The van der Waals surface area contributed by atoms with Crippen LogP contribution in [0, 0.1) is 0 Å². The third kappa shape index (κ3) is 5.13. The second kappa shape index (κ2) is 10.0. The van der Waals surface area contributed by atoms with Crippen LogP contribution in [-0.2, 0) is 17.8 Å². The van der Waals surface area contributed by atoms with E-state index < -0.39 is 0 Å². The van der Waals surface area contributed by atoms with Crippen molar-refractivity contribution in [2.45, 2.75) is 13.1 Å². The highest BCUT2D eigenvalue weighted by Gasteiger charge is 2.17. The number of nitrogen functional groups attached to an aromatic ring is 2. The standard InChI is InChI=1S/C22H24N8O4/c1-33-8-9-34-21-28-18(24)17-19(29-21)30(22(32)27-17)12-13-2-4-15(5-3-13)20(31)26-11-14-6-7-25-16(23)10-14/h2-7,10H,8-9,11-12H2,1H3,(H2,23,25)(H,26,31)(H,27,32)(H2,24,28,29). The molecule has 176 valence electrons. The molecule has 0 saturated heterocycles. The van der Waals surface area contributed by atoms with Crippen LogP contribution in [0.4, 0.5) is 11.6 Å². The first-order valence-electron chi connectivity index (χ1n) is 10.4. The number of benzene rings is 1. The van der Waals surface area contributed by atoms with Gasteiger partial charge in [-0.15, -0.1) is 0 Å². The molecule has 3 heterocycles. The number of amides is 1. The first kappa shape index (κ1) is 22.7. The summed E-state index contributed by atoms with van der Waals surface area (Å²) in [5, 5.41) is 13.2. The molecule has 12 heteroatoms. The molecule has 6 N–H and O–H groups in total. The van der Waals surface area contributed by atoms with Gasteiger partial charge in [-0.25, -0.2) is 4.98 Å². The van der Waals surface area contributed by atoms with Gasteiger partial charge in [0.25, 0.3) is 11.9 Å². The number of carbonyl (C=O) groups is 1. The molecular weight excluding hydrogens is 440 g/mol. The summed E-state index contributed by atoms with van der Waals surface area (Å²) in [4.78, 5) is 28.8. The molecule has 12 nitrogen and oxygen atoms in total. The Morgan fingerprint density at radius 1 is 1.09 bits per heavy atom. The van der Waals surface area contributed by atoms with Crippen molar-refractivity contribution in [2.75, 3.05) is 31.8 Å². The molecule has 0 spiro atoms. The molecule has 0 saturated carbocycles. The average molecular weight is 464 g/mol. The Balaban J connectivity index is 1.47. The van der Waals surface area contributed by atoms with Crippen LogP contribution in [0.3, 0.4) is 0 Å². The Morgan fingerprint density at radius 3 is 2.62 bits per heavy atom. The van der Waals surface area contributed by atoms with E-state index in [0.717, 1.165) is 11.1 Å². The van der Waals surface area contributed by atoms with Crippen molar-refractivity contribution in [1.29, 1.82) is 0 Å².